The third kappa shape index (κ3) is 3.52. The second kappa shape index (κ2) is 7.35. The standard InChI is InChI=1S/C20H21FN4O/c1-24-16(8-9-23-24)13-25-10-11-26-20(14-25)19-7-6-15(12-22-19)17-4-2-3-5-18(17)21/h2-9,12,20H,10-11,13-14H2,1H3. The summed E-state index contributed by atoms with van der Waals surface area (Å²) in [5.74, 6) is -0.238. The molecule has 1 saturated heterocycles. The zero-order valence-corrected chi connectivity index (χ0v) is 14.7. The first-order valence-electron chi connectivity index (χ1n) is 8.72. The minimum atomic E-state index is -0.238. The first kappa shape index (κ1) is 16.9. The molecule has 0 saturated carbocycles. The van der Waals surface area contributed by atoms with E-state index in [9.17, 15) is 4.39 Å². The predicted octanol–water partition coefficient (Wildman–Crippen LogP) is 3.19. The van der Waals surface area contributed by atoms with Gasteiger partial charge in [-0.3, -0.25) is 14.6 Å². The summed E-state index contributed by atoms with van der Waals surface area (Å²) in [5, 5.41) is 4.22. The van der Waals surface area contributed by atoms with Gasteiger partial charge in [0, 0.05) is 50.2 Å². The summed E-state index contributed by atoms with van der Waals surface area (Å²) < 4.78 is 21.7. The summed E-state index contributed by atoms with van der Waals surface area (Å²) in [5.41, 5.74) is 3.39. The molecule has 0 aliphatic carbocycles. The molecule has 0 N–H and O–H groups in total. The van der Waals surface area contributed by atoms with Crippen molar-refractivity contribution in [2.45, 2.75) is 12.6 Å². The van der Waals surface area contributed by atoms with Crippen molar-refractivity contribution in [3.63, 3.8) is 0 Å². The fourth-order valence-corrected chi connectivity index (χ4v) is 3.26. The third-order valence-corrected chi connectivity index (χ3v) is 4.76. The lowest BCUT2D eigenvalue weighted by molar-refractivity contribution is -0.0356. The third-order valence-electron chi connectivity index (χ3n) is 4.76. The van der Waals surface area contributed by atoms with Crippen LogP contribution in [0, 0.1) is 5.82 Å². The Labute approximate surface area is 152 Å². The number of pyridine rings is 1. The predicted molar refractivity (Wildman–Crippen MR) is 96.8 cm³/mol. The number of nitrogens with zero attached hydrogens (tertiary/aromatic N) is 4. The Hall–Kier alpha value is -2.57. The molecule has 6 heteroatoms. The van der Waals surface area contributed by atoms with E-state index < -0.39 is 0 Å². The Kier molecular flexibility index (Phi) is 4.77. The van der Waals surface area contributed by atoms with E-state index in [-0.39, 0.29) is 11.9 Å². The van der Waals surface area contributed by atoms with E-state index >= 15 is 0 Å². The van der Waals surface area contributed by atoms with Gasteiger partial charge in [0.05, 0.1) is 18.0 Å². The molecule has 1 atom stereocenters. The van der Waals surface area contributed by atoms with Gasteiger partial charge in [-0.15, -0.1) is 0 Å². The fraction of sp³-hybridized carbons (Fsp3) is 0.300. The SMILES string of the molecule is Cn1nccc1CN1CCOC(c2ccc(-c3ccccc3F)cn2)C1. The molecule has 0 spiro atoms. The summed E-state index contributed by atoms with van der Waals surface area (Å²) in [7, 11) is 1.95. The zero-order chi connectivity index (χ0) is 17.9. The molecular weight excluding hydrogens is 331 g/mol. The number of benzene rings is 1. The molecule has 2 aromatic heterocycles. The molecular formula is C20H21FN4O. The summed E-state index contributed by atoms with van der Waals surface area (Å²) in [6.45, 7) is 3.16. The van der Waals surface area contributed by atoms with Gasteiger partial charge in [0.2, 0.25) is 0 Å². The number of hydrogen-bond acceptors (Lipinski definition) is 4. The van der Waals surface area contributed by atoms with Crippen molar-refractivity contribution >= 4 is 0 Å². The van der Waals surface area contributed by atoms with Crippen molar-refractivity contribution in [2.75, 3.05) is 19.7 Å². The maximum atomic E-state index is 13.9. The molecule has 4 rings (SSSR count). The molecule has 1 unspecified atom stereocenters. The Morgan fingerprint density at radius 1 is 1.19 bits per heavy atom. The highest BCUT2D eigenvalue weighted by molar-refractivity contribution is 5.63. The maximum Gasteiger partial charge on any atom is 0.131 e. The quantitative estimate of drug-likeness (QED) is 0.723. The summed E-state index contributed by atoms with van der Waals surface area (Å²) in [6, 6.07) is 12.6. The normalized spacial score (nSPS) is 18.2. The van der Waals surface area contributed by atoms with Gasteiger partial charge < -0.3 is 4.74 Å². The van der Waals surface area contributed by atoms with Crippen LogP contribution in [0.4, 0.5) is 4.39 Å². The average molecular weight is 352 g/mol. The lowest BCUT2D eigenvalue weighted by Crippen LogP contribution is -2.38. The van der Waals surface area contributed by atoms with E-state index in [2.05, 4.69) is 15.0 Å². The van der Waals surface area contributed by atoms with Crippen molar-refractivity contribution in [3.05, 3.63) is 72.1 Å². The minimum Gasteiger partial charge on any atom is -0.369 e. The van der Waals surface area contributed by atoms with Crippen LogP contribution in [0.2, 0.25) is 0 Å². The highest BCUT2D eigenvalue weighted by Crippen LogP contribution is 2.26. The number of morpholine rings is 1. The lowest BCUT2D eigenvalue weighted by Gasteiger charge is -2.32. The molecule has 1 aromatic carbocycles. The molecule has 3 heterocycles. The molecule has 1 aliphatic rings. The van der Waals surface area contributed by atoms with Crippen LogP contribution in [-0.4, -0.2) is 39.4 Å². The first-order valence-corrected chi connectivity index (χ1v) is 8.72. The Morgan fingerprint density at radius 3 is 2.81 bits per heavy atom. The molecule has 1 fully saturated rings. The minimum absolute atomic E-state index is 0.0772. The molecule has 0 bridgehead atoms. The van der Waals surface area contributed by atoms with Crippen molar-refractivity contribution in [1.82, 2.24) is 19.7 Å². The summed E-state index contributed by atoms with van der Waals surface area (Å²) in [4.78, 5) is 6.88. The number of halogens is 1. The van der Waals surface area contributed by atoms with Crippen LogP contribution >= 0.6 is 0 Å². The van der Waals surface area contributed by atoms with Gasteiger partial charge in [0.1, 0.15) is 11.9 Å². The van der Waals surface area contributed by atoms with E-state index in [1.54, 1.807) is 18.3 Å². The van der Waals surface area contributed by atoms with Crippen LogP contribution in [-0.2, 0) is 18.3 Å². The topological polar surface area (TPSA) is 43.2 Å². The second-order valence-electron chi connectivity index (χ2n) is 6.49. The maximum absolute atomic E-state index is 13.9. The van der Waals surface area contributed by atoms with Gasteiger partial charge in [0.15, 0.2) is 0 Å². The van der Waals surface area contributed by atoms with Crippen molar-refractivity contribution in [2.24, 2.45) is 7.05 Å². The fourth-order valence-electron chi connectivity index (χ4n) is 3.26. The molecule has 134 valence electrons. The van der Waals surface area contributed by atoms with Gasteiger partial charge in [-0.25, -0.2) is 4.39 Å². The van der Waals surface area contributed by atoms with Crippen molar-refractivity contribution < 1.29 is 9.13 Å². The molecule has 1 aliphatic heterocycles. The number of hydrogen-bond donors (Lipinski definition) is 0. The van der Waals surface area contributed by atoms with Gasteiger partial charge in [-0.1, -0.05) is 24.3 Å². The molecule has 3 aromatic rings. The van der Waals surface area contributed by atoms with Crippen LogP contribution in [0.25, 0.3) is 11.1 Å². The molecule has 0 amide bonds. The van der Waals surface area contributed by atoms with Crippen molar-refractivity contribution in [3.8, 4) is 11.1 Å². The number of rotatable bonds is 4. The van der Waals surface area contributed by atoms with Crippen LogP contribution in [0.15, 0.2) is 54.9 Å². The van der Waals surface area contributed by atoms with E-state index in [0.29, 0.717) is 12.2 Å². The molecule has 5 nitrogen and oxygen atoms in total. The molecule has 26 heavy (non-hydrogen) atoms. The van der Waals surface area contributed by atoms with Gasteiger partial charge in [-0.2, -0.15) is 5.10 Å². The van der Waals surface area contributed by atoms with Crippen LogP contribution in [0.1, 0.15) is 17.5 Å². The first-order chi connectivity index (χ1) is 12.7. The van der Waals surface area contributed by atoms with E-state index in [4.69, 9.17) is 4.74 Å². The molecule has 0 radical (unpaired) electrons. The summed E-state index contributed by atoms with van der Waals surface area (Å²) in [6.07, 6.45) is 3.46. The lowest BCUT2D eigenvalue weighted by atomic mass is 10.1. The Balaban J connectivity index is 1.47. The number of ether oxygens (including phenoxy) is 1. The monoisotopic (exact) mass is 352 g/mol. The van der Waals surface area contributed by atoms with E-state index in [1.165, 1.54) is 11.8 Å². The van der Waals surface area contributed by atoms with E-state index in [1.807, 2.05) is 42.2 Å². The second-order valence-corrected chi connectivity index (χ2v) is 6.49. The largest absolute Gasteiger partial charge is 0.369 e. The van der Waals surface area contributed by atoms with Crippen LogP contribution < -0.4 is 0 Å². The van der Waals surface area contributed by atoms with Gasteiger partial charge >= 0.3 is 0 Å². The van der Waals surface area contributed by atoms with Crippen LogP contribution in [0.5, 0.6) is 0 Å². The van der Waals surface area contributed by atoms with E-state index in [0.717, 1.165) is 30.9 Å². The average Bonchev–Trinajstić information content (AvgIpc) is 3.07. The highest BCUT2D eigenvalue weighted by atomic mass is 19.1. The highest BCUT2D eigenvalue weighted by Gasteiger charge is 2.23. The number of aromatic nitrogens is 3. The number of aryl methyl sites for hydroxylation is 1. The van der Waals surface area contributed by atoms with Crippen molar-refractivity contribution in [1.29, 1.82) is 0 Å². The smallest absolute Gasteiger partial charge is 0.131 e. The summed E-state index contributed by atoms with van der Waals surface area (Å²) >= 11 is 0. The zero-order valence-electron chi connectivity index (χ0n) is 14.7. The van der Waals surface area contributed by atoms with Gasteiger partial charge in [-0.05, 0) is 18.2 Å². The Bertz CT molecular complexity index is 878. The Morgan fingerprint density at radius 2 is 2.08 bits per heavy atom. The van der Waals surface area contributed by atoms with Crippen LogP contribution in [0.3, 0.4) is 0 Å². The van der Waals surface area contributed by atoms with Gasteiger partial charge in [0.25, 0.3) is 0 Å².